The van der Waals surface area contributed by atoms with Crippen LogP contribution in [0.3, 0.4) is 0 Å². The standard InChI is InChI=1S/C14H26N4O/c1-19-9-8-18-13(16-17-14(18)11-15)10-12-6-4-2-3-5-7-12/h12H,2-11,15H2,1H3. The summed E-state index contributed by atoms with van der Waals surface area (Å²) in [5.41, 5.74) is 5.73. The fraction of sp³-hybridized carbons (Fsp3) is 0.857. The van der Waals surface area contributed by atoms with Gasteiger partial charge in [-0.1, -0.05) is 38.5 Å². The molecule has 0 spiro atoms. The highest BCUT2D eigenvalue weighted by Crippen LogP contribution is 2.25. The summed E-state index contributed by atoms with van der Waals surface area (Å²) in [6, 6.07) is 0. The van der Waals surface area contributed by atoms with Crippen molar-refractivity contribution in [1.29, 1.82) is 0 Å². The van der Waals surface area contributed by atoms with Crippen molar-refractivity contribution in [3.63, 3.8) is 0 Å². The molecule has 2 N–H and O–H groups in total. The number of rotatable bonds is 6. The van der Waals surface area contributed by atoms with Gasteiger partial charge < -0.3 is 15.0 Å². The van der Waals surface area contributed by atoms with Crippen LogP contribution in [0.1, 0.15) is 50.2 Å². The monoisotopic (exact) mass is 266 g/mol. The summed E-state index contributed by atoms with van der Waals surface area (Å²) >= 11 is 0. The first-order chi connectivity index (χ1) is 9.35. The first-order valence-electron chi connectivity index (χ1n) is 7.45. The average molecular weight is 266 g/mol. The minimum absolute atomic E-state index is 0.446. The maximum Gasteiger partial charge on any atom is 0.146 e. The average Bonchev–Trinajstić information content (AvgIpc) is 2.62. The van der Waals surface area contributed by atoms with E-state index in [1.165, 1.54) is 38.5 Å². The molecule has 5 nitrogen and oxygen atoms in total. The van der Waals surface area contributed by atoms with Gasteiger partial charge in [0.15, 0.2) is 0 Å². The molecule has 5 heteroatoms. The van der Waals surface area contributed by atoms with E-state index in [4.69, 9.17) is 10.5 Å². The Balaban J connectivity index is 2.03. The lowest BCUT2D eigenvalue weighted by Crippen LogP contribution is -2.16. The van der Waals surface area contributed by atoms with Crippen molar-refractivity contribution in [3.8, 4) is 0 Å². The van der Waals surface area contributed by atoms with E-state index < -0.39 is 0 Å². The maximum atomic E-state index is 5.73. The number of nitrogens with two attached hydrogens (primary N) is 1. The molecule has 0 amide bonds. The Morgan fingerprint density at radius 1 is 1.16 bits per heavy atom. The zero-order chi connectivity index (χ0) is 13.5. The van der Waals surface area contributed by atoms with Gasteiger partial charge in [-0.05, 0) is 5.92 Å². The third kappa shape index (κ3) is 4.01. The van der Waals surface area contributed by atoms with E-state index in [2.05, 4.69) is 14.8 Å². The third-order valence-corrected chi connectivity index (χ3v) is 4.05. The Kier molecular flexibility index (Phi) is 5.79. The van der Waals surface area contributed by atoms with Gasteiger partial charge >= 0.3 is 0 Å². The van der Waals surface area contributed by atoms with E-state index in [1.54, 1.807) is 7.11 Å². The first kappa shape index (κ1) is 14.5. The first-order valence-corrected chi connectivity index (χ1v) is 7.45. The predicted molar refractivity (Wildman–Crippen MR) is 74.7 cm³/mol. The summed E-state index contributed by atoms with van der Waals surface area (Å²) in [6.45, 7) is 1.93. The summed E-state index contributed by atoms with van der Waals surface area (Å²) in [5, 5.41) is 8.55. The second-order valence-corrected chi connectivity index (χ2v) is 5.44. The summed E-state index contributed by atoms with van der Waals surface area (Å²) in [7, 11) is 1.72. The van der Waals surface area contributed by atoms with Gasteiger partial charge in [-0.25, -0.2) is 0 Å². The molecule has 1 aromatic rings. The second kappa shape index (κ2) is 7.60. The fourth-order valence-corrected chi connectivity index (χ4v) is 2.94. The van der Waals surface area contributed by atoms with Crippen LogP contribution in [0.2, 0.25) is 0 Å². The number of hydrogen-bond donors (Lipinski definition) is 1. The lowest BCUT2D eigenvalue weighted by Gasteiger charge is -2.15. The summed E-state index contributed by atoms with van der Waals surface area (Å²) in [5.74, 6) is 2.73. The predicted octanol–water partition coefficient (Wildman–Crippen LogP) is 1.90. The molecular formula is C14H26N4O. The SMILES string of the molecule is COCCn1c(CN)nnc1CC1CCCCCC1. The van der Waals surface area contributed by atoms with E-state index in [0.717, 1.165) is 30.5 Å². The molecule has 0 unspecified atom stereocenters. The molecule has 2 rings (SSSR count). The lowest BCUT2D eigenvalue weighted by molar-refractivity contribution is 0.185. The molecule has 1 saturated carbocycles. The van der Waals surface area contributed by atoms with Crippen LogP contribution < -0.4 is 5.73 Å². The van der Waals surface area contributed by atoms with Crippen molar-refractivity contribution >= 4 is 0 Å². The topological polar surface area (TPSA) is 66.0 Å². The van der Waals surface area contributed by atoms with Crippen LogP contribution in [0.15, 0.2) is 0 Å². The van der Waals surface area contributed by atoms with Crippen molar-refractivity contribution < 1.29 is 4.74 Å². The smallest absolute Gasteiger partial charge is 0.146 e. The molecule has 1 aliphatic carbocycles. The summed E-state index contributed by atoms with van der Waals surface area (Å²) < 4.78 is 7.31. The molecular weight excluding hydrogens is 240 g/mol. The minimum atomic E-state index is 0.446. The van der Waals surface area contributed by atoms with Crippen LogP contribution in [-0.4, -0.2) is 28.5 Å². The van der Waals surface area contributed by atoms with E-state index >= 15 is 0 Å². The van der Waals surface area contributed by atoms with Crippen LogP contribution >= 0.6 is 0 Å². The third-order valence-electron chi connectivity index (χ3n) is 4.05. The molecule has 1 aliphatic rings. The number of methoxy groups -OCH3 is 1. The summed E-state index contributed by atoms with van der Waals surface area (Å²) in [4.78, 5) is 0. The molecule has 0 aromatic carbocycles. The number of ether oxygens (including phenoxy) is 1. The largest absolute Gasteiger partial charge is 0.383 e. The van der Waals surface area contributed by atoms with E-state index in [1.807, 2.05) is 0 Å². The molecule has 0 atom stereocenters. The van der Waals surface area contributed by atoms with Crippen LogP contribution in [0.5, 0.6) is 0 Å². The van der Waals surface area contributed by atoms with Crippen molar-refractivity contribution in [1.82, 2.24) is 14.8 Å². The van der Waals surface area contributed by atoms with Crippen molar-refractivity contribution in [3.05, 3.63) is 11.6 Å². The minimum Gasteiger partial charge on any atom is -0.383 e. The van der Waals surface area contributed by atoms with Crippen LogP contribution in [0.4, 0.5) is 0 Å². The van der Waals surface area contributed by atoms with Gasteiger partial charge in [0.2, 0.25) is 0 Å². The van der Waals surface area contributed by atoms with Gasteiger partial charge in [0.25, 0.3) is 0 Å². The van der Waals surface area contributed by atoms with Crippen LogP contribution in [0.25, 0.3) is 0 Å². The Morgan fingerprint density at radius 3 is 2.47 bits per heavy atom. The van der Waals surface area contributed by atoms with Gasteiger partial charge in [0.05, 0.1) is 13.2 Å². The molecule has 0 saturated heterocycles. The summed E-state index contributed by atoms with van der Waals surface area (Å²) in [6.07, 6.45) is 9.20. The molecule has 0 radical (unpaired) electrons. The Morgan fingerprint density at radius 2 is 1.84 bits per heavy atom. The Hall–Kier alpha value is -0.940. The van der Waals surface area contributed by atoms with Crippen molar-refractivity contribution in [2.45, 2.75) is 58.0 Å². The van der Waals surface area contributed by atoms with Crippen molar-refractivity contribution in [2.75, 3.05) is 13.7 Å². The normalized spacial score (nSPS) is 17.6. The Labute approximate surface area is 115 Å². The number of aromatic nitrogens is 3. The molecule has 0 aliphatic heterocycles. The molecule has 1 fully saturated rings. The lowest BCUT2D eigenvalue weighted by atomic mass is 9.96. The maximum absolute atomic E-state index is 5.73. The molecule has 1 heterocycles. The highest BCUT2D eigenvalue weighted by molar-refractivity contribution is 4.97. The van der Waals surface area contributed by atoms with Gasteiger partial charge in [-0.15, -0.1) is 10.2 Å². The van der Waals surface area contributed by atoms with E-state index in [-0.39, 0.29) is 0 Å². The highest BCUT2D eigenvalue weighted by Gasteiger charge is 2.18. The zero-order valence-corrected chi connectivity index (χ0v) is 12.0. The second-order valence-electron chi connectivity index (χ2n) is 5.44. The van der Waals surface area contributed by atoms with Gasteiger partial charge in [-0.2, -0.15) is 0 Å². The van der Waals surface area contributed by atoms with Gasteiger partial charge in [-0.3, -0.25) is 0 Å². The number of nitrogens with zero attached hydrogens (tertiary/aromatic N) is 3. The quantitative estimate of drug-likeness (QED) is 0.799. The Bertz CT molecular complexity index is 370. The number of hydrogen-bond acceptors (Lipinski definition) is 4. The highest BCUT2D eigenvalue weighted by atomic mass is 16.5. The zero-order valence-electron chi connectivity index (χ0n) is 12.0. The van der Waals surface area contributed by atoms with Crippen molar-refractivity contribution in [2.24, 2.45) is 11.7 Å². The molecule has 108 valence electrons. The molecule has 0 bridgehead atoms. The van der Waals surface area contributed by atoms with Gasteiger partial charge in [0.1, 0.15) is 11.6 Å². The molecule has 1 aromatic heterocycles. The van der Waals surface area contributed by atoms with E-state index in [9.17, 15) is 0 Å². The molecule has 19 heavy (non-hydrogen) atoms. The van der Waals surface area contributed by atoms with Crippen LogP contribution in [-0.2, 0) is 24.2 Å². The van der Waals surface area contributed by atoms with Gasteiger partial charge in [0, 0.05) is 20.1 Å². The van der Waals surface area contributed by atoms with E-state index in [0.29, 0.717) is 13.2 Å². The fourth-order valence-electron chi connectivity index (χ4n) is 2.94. The van der Waals surface area contributed by atoms with Crippen LogP contribution in [0, 0.1) is 5.92 Å².